The number of aromatic nitrogens is 2. The van der Waals surface area contributed by atoms with E-state index in [1.54, 1.807) is 18.3 Å². The minimum Gasteiger partial charge on any atom is -0.504 e. The number of phenolic OH excluding ortho intramolecular Hbond substituents is 1. The highest BCUT2D eigenvalue weighted by molar-refractivity contribution is 7.14. The second-order valence-electron chi connectivity index (χ2n) is 27.6. The van der Waals surface area contributed by atoms with E-state index in [2.05, 4.69) is 60.6 Å². The molecule has 1 aromatic heterocycles. The van der Waals surface area contributed by atoms with Gasteiger partial charge in [-0.3, -0.25) is 28.8 Å². The van der Waals surface area contributed by atoms with Gasteiger partial charge in [0.2, 0.25) is 29.5 Å². The van der Waals surface area contributed by atoms with Gasteiger partial charge in [-0.15, -0.1) is 10.2 Å². The molecule has 0 bridgehead atoms. The third-order valence-electron chi connectivity index (χ3n) is 21.3. The lowest BCUT2D eigenvalue weighted by Gasteiger charge is -2.47. The molecule has 6 aliphatic rings. The number of Topliss-reactive ketones (excluding diaryl/α,β-unsaturated/α-hetero) is 1. The second-order valence-corrected chi connectivity index (χ2v) is 28.7. The molecule has 13 atom stereocenters. The Bertz CT molecular complexity index is 3040. The van der Waals surface area contributed by atoms with Gasteiger partial charge in [0.1, 0.15) is 28.1 Å². The summed E-state index contributed by atoms with van der Waals surface area (Å²) in [5.41, 5.74) is 2.47. The average molecular weight is 1350 g/mol. The third kappa shape index (κ3) is 17.8. The number of fused-ring (bicyclic) bond motifs is 2. The van der Waals surface area contributed by atoms with Crippen LogP contribution < -0.4 is 30.9 Å². The topological polar surface area (TPSA) is 387 Å². The number of ether oxygens (including phenoxy) is 2. The maximum absolute atomic E-state index is 15.0. The molecule has 3 aromatic rings. The summed E-state index contributed by atoms with van der Waals surface area (Å²) in [6.07, 6.45) is 1.01. The molecule has 6 fully saturated rings. The van der Waals surface area contributed by atoms with E-state index in [0.717, 1.165) is 77.0 Å². The summed E-state index contributed by atoms with van der Waals surface area (Å²) in [6, 6.07) is 5.17. The average Bonchev–Trinajstić information content (AvgIpc) is 1.78. The minimum absolute atomic E-state index is 0.0243. The quantitative estimate of drug-likeness (QED) is 0.0761. The normalized spacial score (nSPS) is 29.8. The Morgan fingerprint density at radius 1 is 0.768 bits per heavy atom. The number of ketones is 1. The highest BCUT2D eigenvalue weighted by Gasteiger charge is 2.50. The molecule has 2 aromatic carbocycles. The number of aliphatic hydroxyl groups is 8. The molecule has 26 nitrogen and oxygen atoms in total. The number of nitrogens with zero attached hydrogens (tertiary/aromatic N) is 5. The summed E-state index contributed by atoms with van der Waals surface area (Å²) in [5.74, 6) is -8.35. The molecule has 0 unspecified atom stereocenters. The van der Waals surface area contributed by atoms with Crippen LogP contribution >= 0.6 is 11.3 Å². The molecule has 5 heterocycles. The van der Waals surface area contributed by atoms with Gasteiger partial charge in [0, 0.05) is 81.7 Å². The van der Waals surface area contributed by atoms with Crippen LogP contribution in [-0.2, 0) is 39.9 Å². The molecule has 2 saturated carbocycles. The molecule has 526 valence electrons. The van der Waals surface area contributed by atoms with E-state index in [1.807, 2.05) is 7.11 Å². The van der Waals surface area contributed by atoms with Gasteiger partial charge in [-0.2, -0.15) is 0 Å². The van der Waals surface area contributed by atoms with Gasteiger partial charge in [0.15, 0.2) is 17.3 Å². The van der Waals surface area contributed by atoms with Crippen LogP contribution in [0, 0.1) is 29.6 Å². The summed E-state index contributed by atoms with van der Waals surface area (Å²) >= 11 is 1.59. The zero-order valence-electron chi connectivity index (χ0n) is 55.2. The van der Waals surface area contributed by atoms with Crippen molar-refractivity contribution in [2.45, 2.75) is 208 Å². The molecule has 4 saturated heterocycles. The van der Waals surface area contributed by atoms with Crippen LogP contribution in [0.1, 0.15) is 139 Å². The summed E-state index contributed by atoms with van der Waals surface area (Å²) in [7, 11) is 3.19. The molecular formula is C68H101N9O17S. The predicted octanol–water partition coefficient (Wildman–Crippen LogP) is 1.43. The first-order chi connectivity index (χ1) is 45.5. The van der Waals surface area contributed by atoms with Crippen molar-refractivity contribution in [3.05, 3.63) is 53.0 Å². The molecule has 95 heavy (non-hydrogen) atoms. The number of β-amino-alcohol motifs (C(OH)–C–C–N with tert-alkyl or cyclic N) is 1. The van der Waals surface area contributed by atoms with Crippen molar-refractivity contribution in [3.8, 4) is 22.1 Å². The number of nitrogens with one attached hydrogen (secondary N) is 4. The van der Waals surface area contributed by atoms with Crippen molar-refractivity contribution in [1.82, 2.24) is 41.3 Å². The van der Waals surface area contributed by atoms with Crippen LogP contribution in [-0.4, -0.2) is 240 Å². The number of aromatic hydroxyl groups is 1. The Morgan fingerprint density at radius 3 is 2.12 bits per heavy atom. The van der Waals surface area contributed by atoms with Gasteiger partial charge in [0.05, 0.1) is 80.5 Å². The van der Waals surface area contributed by atoms with E-state index >= 15 is 4.79 Å². The highest BCUT2D eigenvalue weighted by atomic mass is 32.1. The molecule has 4 aliphatic heterocycles. The van der Waals surface area contributed by atoms with Gasteiger partial charge < -0.3 is 91.4 Å². The molecule has 13 N–H and O–H groups in total. The smallest absolute Gasteiger partial charge is 0.248 e. The van der Waals surface area contributed by atoms with Gasteiger partial charge in [0.25, 0.3) is 0 Å². The molecule has 5 amide bonds. The summed E-state index contributed by atoms with van der Waals surface area (Å²) in [5, 5.41) is 121. The van der Waals surface area contributed by atoms with Gasteiger partial charge in [-0.1, -0.05) is 43.6 Å². The molecule has 2 aliphatic carbocycles. The first-order valence-electron chi connectivity index (χ1n) is 34.2. The van der Waals surface area contributed by atoms with Crippen molar-refractivity contribution in [2.75, 3.05) is 71.6 Å². The van der Waals surface area contributed by atoms with Crippen LogP contribution in [0.2, 0.25) is 0 Å². The fraction of sp³-hybridized carbons (Fsp3) is 0.706. The van der Waals surface area contributed by atoms with E-state index < -0.39 is 153 Å². The number of hydrogen-bond acceptors (Lipinski definition) is 22. The summed E-state index contributed by atoms with van der Waals surface area (Å²) < 4.78 is 11.5. The van der Waals surface area contributed by atoms with Gasteiger partial charge in [-0.25, -0.2) is 0 Å². The van der Waals surface area contributed by atoms with E-state index in [0.29, 0.717) is 17.9 Å². The molecule has 0 spiro atoms. The zero-order chi connectivity index (χ0) is 68.3. The van der Waals surface area contributed by atoms with Gasteiger partial charge in [-0.05, 0) is 151 Å². The lowest BCUT2D eigenvalue weighted by Crippen LogP contribution is -2.60. The highest BCUT2D eigenvalue weighted by Crippen LogP contribution is 2.44. The van der Waals surface area contributed by atoms with Crippen LogP contribution in [0.5, 0.6) is 11.5 Å². The van der Waals surface area contributed by atoms with Crippen molar-refractivity contribution in [1.29, 1.82) is 0 Å². The SMILES string of the molecule is COc1cc(C[C@@H](O)[C@@H]2CC(=O)[C@@H]3C[C@@H](O)CN3C(=O)[C@H]([C@@H](C)O)NC(=O)[C@@H](CCC3CCC(c4nnc(-c5ccc(N6CCC(OC)(C7CCCCC7)CC6)cc5)s4)CC3)C[C@@H](O)CNC(=O)[C@@H]3[C@@H](O)[C@@H](C)CN3C(=O)[C@H]([C@H](O)CCNC(CO)CO)NC2=O)ccc1O. The standard InChI is InChI=1S/C68H101N9O17S/c1-38-34-77-59(60(38)87)63(90)70-33-48(81)30-44(16-12-40-10-14-42(15-11-40)64-73-74-65(95-64)43-17-19-47(20-18-43)75-26-23-68(94-4,24-27-75)45-8-6-5-7-9-45)61(88)71-57(39(2)80)66(91)76-35-49(82)31-51(76)55(86)32-50(54(85)28-41-13-21-52(83)56(29-41)93-3)62(89)72-58(67(77)92)53(84)22-25-69-46(36-78)37-79/h13,17-21,29,38-40,42,44-46,48-51,53-54,57-60,69,78-85,87H,5-12,14-16,22-28,30-37H2,1-4H3,(H,70,90)(H,71,88)(H,72,89)/t38-,39+,40?,42?,44-,48+,49+,50-,51-,53+,54+,57-,58-,59-,60-/m0/s1. The van der Waals surface area contributed by atoms with Crippen LogP contribution in [0.15, 0.2) is 42.5 Å². The minimum atomic E-state index is -1.93. The summed E-state index contributed by atoms with van der Waals surface area (Å²) in [4.78, 5) is 93.1. The number of methoxy groups -OCH3 is 2. The van der Waals surface area contributed by atoms with E-state index in [-0.39, 0.29) is 74.1 Å². The largest absolute Gasteiger partial charge is 0.504 e. The number of piperidine rings is 1. The second kappa shape index (κ2) is 33.5. The number of benzene rings is 2. The Balaban J connectivity index is 0.919. The van der Waals surface area contributed by atoms with Crippen LogP contribution in [0.3, 0.4) is 0 Å². The van der Waals surface area contributed by atoms with Crippen LogP contribution in [0.25, 0.3) is 10.6 Å². The first-order valence-corrected chi connectivity index (χ1v) is 35.0. The van der Waals surface area contributed by atoms with Crippen molar-refractivity contribution >= 4 is 52.3 Å². The lowest BCUT2D eigenvalue weighted by atomic mass is 9.72. The Morgan fingerprint density at radius 2 is 1.45 bits per heavy atom. The molecule has 9 rings (SSSR count). The number of amides is 5. The predicted molar refractivity (Wildman–Crippen MR) is 351 cm³/mol. The maximum atomic E-state index is 15.0. The number of anilines is 1. The molecule has 0 radical (unpaired) electrons. The number of carbonyl (C=O) groups excluding carboxylic acids is 6. The number of carbonyl (C=O) groups is 6. The fourth-order valence-electron chi connectivity index (χ4n) is 15.4. The maximum Gasteiger partial charge on any atom is 0.248 e. The van der Waals surface area contributed by atoms with Crippen molar-refractivity contribution < 1.29 is 84.2 Å². The van der Waals surface area contributed by atoms with E-state index in [9.17, 15) is 69.9 Å². The fourth-order valence-corrected chi connectivity index (χ4v) is 16.4. The monoisotopic (exact) mass is 1350 g/mol. The molecular weight excluding hydrogens is 1250 g/mol. The van der Waals surface area contributed by atoms with E-state index in [4.69, 9.17) is 9.47 Å². The Kier molecular flexibility index (Phi) is 25.9. The zero-order valence-corrected chi connectivity index (χ0v) is 56.0. The van der Waals surface area contributed by atoms with Crippen LogP contribution in [0.4, 0.5) is 5.69 Å². The van der Waals surface area contributed by atoms with Crippen molar-refractivity contribution in [2.24, 2.45) is 29.6 Å². The molecule has 27 heteroatoms. The van der Waals surface area contributed by atoms with Gasteiger partial charge >= 0.3 is 0 Å². The van der Waals surface area contributed by atoms with Crippen molar-refractivity contribution in [3.63, 3.8) is 0 Å². The van der Waals surface area contributed by atoms with E-state index in [1.165, 1.54) is 70.0 Å². The lowest BCUT2D eigenvalue weighted by molar-refractivity contribution is -0.147. The third-order valence-corrected chi connectivity index (χ3v) is 22.4. The number of rotatable bonds is 20. The summed E-state index contributed by atoms with van der Waals surface area (Å²) in [6.45, 7) is 2.51. The number of phenols is 1. The Hall–Kier alpha value is -5.98. The number of hydrogen-bond donors (Lipinski definition) is 13. The Labute approximate surface area is 559 Å². The number of aliphatic hydroxyl groups excluding tert-OH is 8. The first kappa shape index (κ1) is 73.3.